The van der Waals surface area contributed by atoms with Crippen molar-refractivity contribution in [1.82, 2.24) is 14.7 Å². The fraction of sp³-hybridized carbons (Fsp3) is 0.714. The quantitative estimate of drug-likeness (QED) is 0.798. The summed E-state index contributed by atoms with van der Waals surface area (Å²) in [7, 11) is 0. The molecule has 5 nitrogen and oxygen atoms in total. The predicted octanol–water partition coefficient (Wildman–Crippen LogP) is 2.68. The van der Waals surface area contributed by atoms with Crippen LogP contribution in [0.4, 0.5) is 0 Å². The first-order valence-electron chi connectivity index (χ1n) is 10.2. The molecule has 2 saturated heterocycles. The lowest BCUT2D eigenvalue weighted by Gasteiger charge is -2.38. The van der Waals surface area contributed by atoms with E-state index in [4.69, 9.17) is 0 Å². The molecule has 27 heavy (non-hydrogen) atoms. The number of hydrogen-bond donors (Lipinski definition) is 0. The molecule has 3 aliphatic rings. The van der Waals surface area contributed by atoms with Crippen LogP contribution in [0.25, 0.3) is 0 Å². The van der Waals surface area contributed by atoms with Crippen LogP contribution in [0, 0.1) is 17.3 Å². The Morgan fingerprint density at radius 1 is 1.15 bits per heavy atom. The van der Waals surface area contributed by atoms with E-state index in [9.17, 15) is 9.59 Å². The van der Waals surface area contributed by atoms with Crippen molar-refractivity contribution in [1.29, 1.82) is 0 Å². The zero-order valence-electron chi connectivity index (χ0n) is 16.5. The summed E-state index contributed by atoms with van der Waals surface area (Å²) >= 11 is 1.74. The van der Waals surface area contributed by atoms with Crippen LogP contribution in [0.5, 0.6) is 0 Å². The van der Waals surface area contributed by atoms with Gasteiger partial charge in [0, 0.05) is 64.1 Å². The lowest BCUT2D eigenvalue weighted by molar-refractivity contribution is -0.140. The topological polar surface area (TPSA) is 43.9 Å². The predicted molar refractivity (Wildman–Crippen MR) is 107 cm³/mol. The normalized spacial score (nSPS) is 31.8. The summed E-state index contributed by atoms with van der Waals surface area (Å²) in [6.07, 6.45) is 3.08. The third-order valence-corrected chi connectivity index (χ3v) is 7.41. The van der Waals surface area contributed by atoms with Gasteiger partial charge in [0.05, 0.1) is 0 Å². The van der Waals surface area contributed by atoms with E-state index >= 15 is 0 Å². The number of carbonyl (C=O) groups is 2. The Morgan fingerprint density at radius 3 is 2.56 bits per heavy atom. The van der Waals surface area contributed by atoms with Crippen molar-refractivity contribution in [3.05, 3.63) is 22.4 Å². The van der Waals surface area contributed by atoms with Crippen LogP contribution in [0.3, 0.4) is 0 Å². The summed E-state index contributed by atoms with van der Waals surface area (Å²) in [5.74, 6) is 1.43. The molecule has 1 saturated carbocycles. The summed E-state index contributed by atoms with van der Waals surface area (Å²) in [6.45, 7) is 9.96. The minimum atomic E-state index is 0.0171. The van der Waals surface area contributed by atoms with Gasteiger partial charge in [-0.2, -0.15) is 11.3 Å². The molecule has 2 aliphatic heterocycles. The van der Waals surface area contributed by atoms with E-state index in [1.165, 1.54) is 5.56 Å². The summed E-state index contributed by atoms with van der Waals surface area (Å²) in [6, 6.07) is 2.19. The first-order valence-corrected chi connectivity index (χ1v) is 11.2. The molecule has 0 radical (unpaired) electrons. The minimum absolute atomic E-state index is 0.0171. The largest absolute Gasteiger partial charge is 0.342 e. The molecular weight excluding hydrogens is 358 g/mol. The van der Waals surface area contributed by atoms with Gasteiger partial charge in [-0.15, -0.1) is 0 Å². The number of nitrogens with zero attached hydrogens (tertiary/aromatic N) is 3. The maximum Gasteiger partial charge on any atom is 0.225 e. The fourth-order valence-corrected chi connectivity index (χ4v) is 5.80. The Hall–Kier alpha value is -1.40. The molecule has 1 aromatic rings. The van der Waals surface area contributed by atoms with Crippen molar-refractivity contribution >= 4 is 23.2 Å². The van der Waals surface area contributed by atoms with Gasteiger partial charge >= 0.3 is 0 Å². The van der Waals surface area contributed by atoms with Gasteiger partial charge in [0.2, 0.25) is 11.8 Å². The highest BCUT2D eigenvalue weighted by Crippen LogP contribution is 2.38. The fourth-order valence-electron chi connectivity index (χ4n) is 5.14. The van der Waals surface area contributed by atoms with Gasteiger partial charge in [0.25, 0.3) is 0 Å². The van der Waals surface area contributed by atoms with Gasteiger partial charge < -0.3 is 9.80 Å². The molecule has 148 valence electrons. The van der Waals surface area contributed by atoms with Crippen LogP contribution in [0.1, 0.15) is 38.7 Å². The van der Waals surface area contributed by atoms with Gasteiger partial charge in [0.1, 0.15) is 0 Å². The molecule has 3 fully saturated rings. The molecule has 1 atom stereocenters. The molecule has 0 aromatic carbocycles. The van der Waals surface area contributed by atoms with Crippen molar-refractivity contribution in [2.45, 2.75) is 39.7 Å². The average molecular weight is 390 g/mol. The van der Waals surface area contributed by atoms with Crippen LogP contribution in [-0.4, -0.2) is 65.8 Å². The highest BCUT2D eigenvalue weighted by atomic mass is 32.1. The standard InChI is InChI=1S/C21H31N3O2S/c1-16-9-19(10-16)20(26)24-7-6-22(11-18-3-8-27-12-18)13-21(15-24)4-5-23(14-21)17(2)25/h3,8,12,16,19H,4-7,9-11,13-15H2,1-2H3. The lowest BCUT2D eigenvalue weighted by atomic mass is 9.75. The van der Waals surface area contributed by atoms with Gasteiger partial charge in [-0.05, 0) is 47.6 Å². The van der Waals surface area contributed by atoms with Crippen LogP contribution >= 0.6 is 11.3 Å². The second kappa shape index (κ2) is 7.55. The highest BCUT2D eigenvalue weighted by molar-refractivity contribution is 7.07. The third-order valence-electron chi connectivity index (χ3n) is 6.68. The van der Waals surface area contributed by atoms with E-state index in [0.717, 1.165) is 65.1 Å². The van der Waals surface area contributed by atoms with E-state index in [-0.39, 0.29) is 17.2 Å². The Balaban J connectivity index is 1.51. The molecule has 1 aromatic heterocycles. The van der Waals surface area contributed by atoms with Crippen molar-refractivity contribution in [2.75, 3.05) is 39.3 Å². The lowest BCUT2D eigenvalue weighted by Crippen LogP contribution is -2.48. The van der Waals surface area contributed by atoms with Gasteiger partial charge in [-0.1, -0.05) is 6.92 Å². The van der Waals surface area contributed by atoms with E-state index < -0.39 is 0 Å². The zero-order valence-corrected chi connectivity index (χ0v) is 17.3. The first kappa shape index (κ1) is 18.9. The summed E-state index contributed by atoms with van der Waals surface area (Å²) in [4.78, 5) is 31.6. The molecule has 1 unspecified atom stereocenters. The van der Waals surface area contributed by atoms with Crippen molar-refractivity contribution in [3.8, 4) is 0 Å². The van der Waals surface area contributed by atoms with Crippen LogP contribution in [-0.2, 0) is 16.1 Å². The van der Waals surface area contributed by atoms with Crippen molar-refractivity contribution < 1.29 is 9.59 Å². The summed E-state index contributed by atoms with van der Waals surface area (Å²) in [5, 5.41) is 4.34. The molecule has 1 spiro atoms. The Morgan fingerprint density at radius 2 is 1.93 bits per heavy atom. The highest BCUT2D eigenvalue weighted by Gasteiger charge is 2.45. The Bertz CT molecular complexity index is 686. The molecule has 4 rings (SSSR count). The van der Waals surface area contributed by atoms with Crippen LogP contribution in [0.15, 0.2) is 16.8 Å². The second-order valence-electron chi connectivity index (χ2n) is 9.07. The number of likely N-dealkylation sites (tertiary alicyclic amines) is 1. The molecule has 6 heteroatoms. The number of carbonyl (C=O) groups excluding carboxylic acids is 2. The van der Waals surface area contributed by atoms with E-state index in [0.29, 0.717) is 11.8 Å². The van der Waals surface area contributed by atoms with E-state index in [1.54, 1.807) is 18.3 Å². The monoisotopic (exact) mass is 389 g/mol. The minimum Gasteiger partial charge on any atom is -0.342 e. The number of hydrogen-bond acceptors (Lipinski definition) is 4. The molecular formula is C21H31N3O2S. The van der Waals surface area contributed by atoms with E-state index in [2.05, 4.69) is 33.6 Å². The number of thiophene rings is 1. The van der Waals surface area contributed by atoms with E-state index in [1.807, 2.05) is 4.90 Å². The van der Waals surface area contributed by atoms with Crippen LogP contribution in [0.2, 0.25) is 0 Å². The maximum absolute atomic E-state index is 13.1. The van der Waals surface area contributed by atoms with Gasteiger partial charge in [-0.3, -0.25) is 14.5 Å². The molecule has 1 aliphatic carbocycles. The smallest absolute Gasteiger partial charge is 0.225 e. The number of rotatable bonds is 3. The Labute approximate surface area is 166 Å². The Kier molecular flexibility index (Phi) is 5.30. The SMILES string of the molecule is CC(=O)N1CCC2(CN(Cc3ccsc3)CCN(C(=O)C3CC(C)C3)C2)C1. The average Bonchev–Trinajstić information content (AvgIpc) is 3.21. The van der Waals surface area contributed by atoms with Gasteiger partial charge in [0.15, 0.2) is 0 Å². The second-order valence-corrected chi connectivity index (χ2v) is 9.85. The van der Waals surface area contributed by atoms with Crippen molar-refractivity contribution in [3.63, 3.8) is 0 Å². The molecule has 2 amide bonds. The zero-order chi connectivity index (χ0) is 19.0. The maximum atomic E-state index is 13.1. The molecule has 0 N–H and O–H groups in total. The first-order chi connectivity index (χ1) is 12.9. The van der Waals surface area contributed by atoms with Crippen LogP contribution < -0.4 is 0 Å². The van der Waals surface area contributed by atoms with Crippen molar-refractivity contribution in [2.24, 2.45) is 17.3 Å². The molecule has 0 bridgehead atoms. The number of amides is 2. The summed E-state index contributed by atoms with van der Waals surface area (Å²) < 4.78 is 0. The molecule has 3 heterocycles. The summed E-state index contributed by atoms with van der Waals surface area (Å²) in [5.41, 5.74) is 1.37. The van der Waals surface area contributed by atoms with Gasteiger partial charge in [-0.25, -0.2) is 0 Å². The third kappa shape index (κ3) is 4.06.